The zero-order valence-corrected chi connectivity index (χ0v) is 5.64. The molecule has 2 nitrogen and oxygen atoms in total. The molecule has 0 aliphatic carbocycles. The van der Waals surface area contributed by atoms with Gasteiger partial charge in [0.05, 0.1) is 5.56 Å². The molecule has 0 atom stereocenters. The monoisotopic (exact) mass is 176 g/mol. The highest BCUT2D eigenvalue weighted by Crippen LogP contribution is 2.24. The Labute approximate surface area is 65.2 Å². The number of halogens is 3. The van der Waals surface area contributed by atoms with Gasteiger partial charge in [-0.15, -0.1) is 0 Å². The molecule has 0 amide bonds. The second-order valence-corrected chi connectivity index (χ2v) is 2.03. The highest BCUT2D eigenvalue weighted by Gasteiger charge is 2.17. The first-order valence-corrected chi connectivity index (χ1v) is 2.89. The molecule has 1 N–H and O–H groups in total. The summed E-state index contributed by atoms with van der Waals surface area (Å²) < 4.78 is 37.2. The van der Waals surface area contributed by atoms with E-state index in [2.05, 4.69) is 0 Å². The quantitative estimate of drug-likeness (QED) is 0.521. The molecule has 0 spiro atoms. The smallest absolute Gasteiger partial charge is 0.173 e. The SMILES string of the molecule is O=Cc1c(O)c(F)cc(F)c1F. The lowest BCUT2D eigenvalue weighted by molar-refractivity contribution is 0.111. The van der Waals surface area contributed by atoms with Crippen LogP contribution in [0.5, 0.6) is 5.75 Å². The van der Waals surface area contributed by atoms with Gasteiger partial charge in [0.25, 0.3) is 0 Å². The fourth-order valence-electron chi connectivity index (χ4n) is 0.712. The molecule has 0 unspecified atom stereocenters. The second-order valence-electron chi connectivity index (χ2n) is 2.03. The van der Waals surface area contributed by atoms with Gasteiger partial charge in [0.2, 0.25) is 0 Å². The number of rotatable bonds is 1. The van der Waals surface area contributed by atoms with Crippen LogP contribution in [0.15, 0.2) is 6.07 Å². The minimum atomic E-state index is -1.55. The standard InChI is InChI=1S/C7H3F3O2/c8-4-1-5(9)7(12)3(2-11)6(4)10/h1-2,12H. The Morgan fingerprint density at radius 3 is 2.33 bits per heavy atom. The molecule has 64 valence electrons. The van der Waals surface area contributed by atoms with Crippen LogP contribution in [0.1, 0.15) is 10.4 Å². The molecule has 0 saturated heterocycles. The average molecular weight is 176 g/mol. The summed E-state index contributed by atoms with van der Waals surface area (Å²) in [5.74, 6) is -5.60. The number of carbonyl (C=O) groups excluding carboxylic acids is 1. The van der Waals surface area contributed by atoms with E-state index in [4.69, 9.17) is 5.11 Å². The molecule has 0 aliphatic heterocycles. The lowest BCUT2D eigenvalue weighted by Gasteiger charge is -2.00. The number of hydrogen-bond acceptors (Lipinski definition) is 2. The molecule has 0 radical (unpaired) electrons. The molecule has 1 rings (SSSR count). The molecule has 0 bridgehead atoms. The Kier molecular flexibility index (Phi) is 2.03. The lowest BCUT2D eigenvalue weighted by atomic mass is 10.2. The second kappa shape index (κ2) is 2.84. The summed E-state index contributed by atoms with van der Waals surface area (Å²) in [4.78, 5) is 10.0. The maximum Gasteiger partial charge on any atom is 0.173 e. The number of benzene rings is 1. The van der Waals surface area contributed by atoms with Crippen molar-refractivity contribution in [3.8, 4) is 5.75 Å². The van der Waals surface area contributed by atoms with E-state index in [-0.39, 0.29) is 12.4 Å². The zero-order chi connectivity index (χ0) is 9.30. The van der Waals surface area contributed by atoms with Crippen LogP contribution in [0.2, 0.25) is 0 Å². The van der Waals surface area contributed by atoms with E-state index in [9.17, 15) is 18.0 Å². The largest absolute Gasteiger partial charge is 0.504 e. The highest BCUT2D eigenvalue weighted by atomic mass is 19.2. The summed E-state index contributed by atoms with van der Waals surface area (Å²) in [6, 6.07) is 0.164. The topological polar surface area (TPSA) is 37.3 Å². The number of phenols is 1. The maximum absolute atomic E-state index is 12.5. The van der Waals surface area contributed by atoms with E-state index in [1.807, 2.05) is 0 Å². The van der Waals surface area contributed by atoms with Gasteiger partial charge in [0, 0.05) is 6.07 Å². The van der Waals surface area contributed by atoms with Crippen molar-refractivity contribution in [1.29, 1.82) is 0 Å². The van der Waals surface area contributed by atoms with Crippen LogP contribution in [0, 0.1) is 17.5 Å². The van der Waals surface area contributed by atoms with Crippen LogP contribution < -0.4 is 0 Å². The van der Waals surface area contributed by atoms with Crippen LogP contribution in [-0.2, 0) is 0 Å². The Bertz CT molecular complexity index is 310. The van der Waals surface area contributed by atoms with Crippen molar-refractivity contribution in [2.75, 3.05) is 0 Å². The Hall–Kier alpha value is -1.52. The predicted molar refractivity (Wildman–Crippen MR) is 33.4 cm³/mol. The molecule has 0 fully saturated rings. The normalized spacial score (nSPS) is 9.92. The minimum absolute atomic E-state index is 0.156. The van der Waals surface area contributed by atoms with E-state index in [1.165, 1.54) is 0 Å². The first kappa shape index (κ1) is 8.58. The summed E-state index contributed by atoms with van der Waals surface area (Å²) in [5.41, 5.74) is -1.01. The van der Waals surface area contributed by atoms with E-state index < -0.39 is 28.8 Å². The molecule has 12 heavy (non-hydrogen) atoms. The number of phenolic OH excluding ortho intramolecular Hbond substituents is 1. The van der Waals surface area contributed by atoms with E-state index in [1.54, 1.807) is 0 Å². The predicted octanol–water partition coefficient (Wildman–Crippen LogP) is 1.62. The van der Waals surface area contributed by atoms with E-state index >= 15 is 0 Å². The van der Waals surface area contributed by atoms with Crippen LogP contribution in [0.25, 0.3) is 0 Å². The molecule has 0 aliphatic rings. The van der Waals surface area contributed by atoms with Crippen LogP contribution in [-0.4, -0.2) is 11.4 Å². The van der Waals surface area contributed by atoms with Crippen LogP contribution >= 0.6 is 0 Å². The van der Waals surface area contributed by atoms with E-state index in [0.29, 0.717) is 0 Å². The van der Waals surface area contributed by atoms with Crippen LogP contribution in [0.3, 0.4) is 0 Å². The van der Waals surface area contributed by atoms with Crippen molar-refractivity contribution in [3.05, 3.63) is 29.1 Å². The van der Waals surface area contributed by atoms with Gasteiger partial charge in [-0.3, -0.25) is 4.79 Å². The van der Waals surface area contributed by atoms with Gasteiger partial charge in [-0.05, 0) is 0 Å². The van der Waals surface area contributed by atoms with Gasteiger partial charge < -0.3 is 5.11 Å². The number of hydrogen-bond donors (Lipinski definition) is 1. The van der Waals surface area contributed by atoms with Gasteiger partial charge in [-0.2, -0.15) is 0 Å². The summed E-state index contributed by atoms with van der Waals surface area (Å²) in [6.07, 6.45) is -0.156. The Morgan fingerprint density at radius 2 is 1.83 bits per heavy atom. The fourth-order valence-corrected chi connectivity index (χ4v) is 0.712. The minimum Gasteiger partial charge on any atom is -0.504 e. The van der Waals surface area contributed by atoms with Crippen molar-refractivity contribution in [2.45, 2.75) is 0 Å². The maximum atomic E-state index is 12.5. The Balaban J connectivity index is 3.52. The van der Waals surface area contributed by atoms with E-state index in [0.717, 1.165) is 0 Å². The fraction of sp³-hybridized carbons (Fsp3) is 0. The molecule has 0 aromatic heterocycles. The number of carbonyl (C=O) groups is 1. The molecule has 1 aromatic rings. The van der Waals surface area contributed by atoms with Gasteiger partial charge in [0.15, 0.2) is 29.5 Å². The van der Waals surface area contributed by atoms with Crippen LogP contribution in [0.4, 0.5) is 13.2 Å². The van der Waals surface area contributed by atoms with Gasteiger partial charge in [-0.25, -0.2) is 13.2 Å². The van der Waals surface area contributed by atoms with Crippen molar-refractivity contribution in [3.63, 3.8) is 0 Å². The molecular formula is C7H3F3O2. The zero-order valence-electron chi connectivity index (χ0n) is 5.64. The van der Waals surface area contributed by atoms with Crippen molar-refractivity contribution in [2.24, 2.45) is 0 Å². The first-order chi connectivity index (χ1) is 5.57. The van der Waals surface area contributed by atoms with Crippen molar-refractivity contribution in [1.82, 2.24) is 0 Å². The third-order valence-corrected chi connectivity index (χ3v) is 1.30. The summed E-state index contributed by atoms with van der Waals surface area (Å²) >= 11 is 0. The number of aldehydes is 1. The summed E-state index contributed by atoms with van der Waals surface area (Å²) in [5, 5.41) is 8.69. The summed E-state index contributed by atoms with van der Waals surface area (Å²) in [7, 11) is 0. The summed E-state index contributed by atoms with van der Waals surface area (Å²) in [6.45, 7) is 0. The molecule has 0 saturated carbocycles. The van der Waals surface area contributed by atoms with Gasteiger partial charge >= 0.3 is 0 Å². The molecule has 5 heteroatoms. The molecule has 1 aromatic carbocycles. The molecular weight excluding hydrogens is 173 g/mol. The third-order valence-electron chi connectivity index (χ3n) is 1.30. The molecule has 0 heterocycles. The van der Waals surface area contributed by atoms with Crippen molar-refractivity contribution < 1.29 is 23.1 Å². The first-order valence-electron chi connectivity index (χ1n) is 2.89. The third kappa shape index (κ3) is 1.13. The number of aromatic hydroxyl groups is 1. The van der Waals surface area contributed by atoms with Gasteiger partial charge in [0.1, 0.15) is 0 Å². The highest BCUT2D eigenvalue weighted by molar-refractivity contribution is 5.79. The van der Waals surface area contributed by atoms with Gasteiger partial charge in [-0.1, -0.05) is 0 Å². The lowest BCUT2D eigenvalue weighted by Crippen LogP contribution is -1.95. The average Bonchev–Trinajstić information content (AvgIpc) is 2.02. The Morgan fingerprint density at radius 1 is 1.25 bits per heavy atom. The van der Waals surface area contributed by atoms with Crippen molar-refractivity contribution >= 4 is 6.29 Å².